The summed E-state index contributed by atoms with van der Waals surface area (Å²) in [6, 6.07) is 5.92. The molecule has 1 saturated carbocycles. The first kappa shape index (κ1) is 16.2. The van der Waals surface area contributed by atoms with Gasteiger partial charge in [-0.2, -0.15) is 0 Å². The Morgan fingerprint density at radius 2 is 1.86 bits per heavy atom. The lowest BCUT2D eigenvalue weighted by Gasteiger charge is -2.34. The van der Waals surface area contributed by atoms with Crippen LogP contribution in [0.5, 0.6) is 11.5 Å². The molecule has 3 unspecified atom stereocenters. The van der Waals surface area contributed by atoms with Gasteiger partial charge in [-0.05, 0) is 42.4 Å². The van der Waals surface area contributed by atoms with Crippen LogP contribution in [-0.2, 0) is 6.42 Å². The molecule has 0 bridgehead atoms. The molecular formula is C18H28O3. The van der Waals surface area contributed by atoms with E-state index in [2.05, 4.69) is 6.92 Å². The molecule has 0 aromatic heterocycles. The van der Waals surface area contributed by atoms with Crippen LogP contribution in [-0.4, -0.2) is 25.4 Å². The molecule has 0 saturated heterocycles. The molecule has 1 aromatic rings. The van der Waals surface area contributed by atoms with Crippen molar-refractivity contribution in [1.82, 2.24) is 0 Å². The highest BCUT2D eigenvalue weighted by Gasteiger charge is 2.29. The maximum Gasteiger partial charge on any atom is 0.160 e. The summed E-state index contributed by atoms with van der Waals surface area (Å²) in [4.78, 5) is 0. The number of rotatable bonds is 6. The normalized spacial score (nSPS) is 23.6. The van der Waals surface area contributed by atoms with E-state index < -0.39 is 0 Å². The summed E-state index contributed by atoms with van der Waals surface area (Å²) in [6.07, 6.45) is 6.61. The van der Waals surface area contributed by atoms with Gasteiger partial charge in [0.2, 0.25) is 0 Å². The first-order chi connectivity index (χ1) is 10.2. The van der Waals surface area contributed by atoms with Crippen molar-refractivity contribution in [2.75, 3.05) is 14.2 Å². The molecule has 0 spiro atoms. The average molecular weight is 292 g/mol. The molecule has 118 valence electrons. The van der Waals surface area contributed by atoms with Gasteiger partial charge in [-0.1, -0.05) is 38.7 Å². The SMILES string of the molecule is CCC1CCCCC1C(O)Cc1ccc(OC)c(OC)c1. The highest BCUT2D eigenvalue weighted by atomic mass is 16.5. The lowest BCUT2D eigenvalue weighted by atomic mass is 9.74. The Bertz CT molecular complexity index is 444. The molecule has 1 fully saturated rings. The summed E-state index contributed by atoms with van der Waals surface area (Å²) in [5.41, 5.74) is 1.11. The molecule has 3 heteroatoms. The molecule has 1 N–H and O–H groups in total. The van der Waals surface area contributed by atoms with E-state index in [0.29, 0.717) is 18.3 Å². The maximum atomic E-state index is 10.6. The molecule has 1 aliphatic carbocycles. The molecule has 2 rings (SSSR count). The largest absolute Gasteiger partial charge is 0.493 e. The quantitative estimate of drug-likeness (QED) is 0.866. The fraction of sp³-hybridized carbons (Fsp3) is 0.667. The minimum atomic E-state index is -0.256. The Hall–Kier alpha value is -1.22. The van der Waals surface area contributed by atoms with E-state index in [1.54, 1.807) is 14.2 Å². The van der Waals surface area contributed by atoms with Crippen molar-refractivity contribution in [2.24, 2.45) is 11.8 Å². The van der Waals surface area contributed by atoms with E-state index in [1.807, 2.05) is 18.2 Å². The van der Waals surface area contributed by atoms with E-state index in [1.165, 1.54) is 25.7 Å². The van der Waals surface area contributed by atoms with E-state index in [-0.39, 0.29) is 6.10 Å². The Balaban J connectivity index is 2.06. The van der Waals surface area contributed by atoms with Gasteiger partial charge < -0.3 is 14.6 Å². The van der Waals surface area contributed by atoms with Gasteiger partial charge >= 0.3 is 0 Å². The second-order valence-corrected chi connectivity index (χ2v) is 6.08. The fourth-order valence-corrected chi connectivity index (χ4v) is 3.65. The summed E-state index contributed by atoms with van der Waals surface area (Å²) in [6.45, 7) is 2.24. The lowest BCUT2D eigenvalue weighted by molar-refractivity contribution is 0.0464. The van der Waals surface area contributed by atoms with Crippen molar-refractivity contribution in [3.8, 4) is 11.5 Å². The van der Waals surface area contributed by atoms with Gasteiger partial charge in [-0.15, -0.1) is 0 Å². The van der Waals surface area contributed by atoms with Crippen LogP contribution in [0.2, 0.25) is 0 Å². The van der Waals surface area contributed by atoms with Crippen LogP contribution < -0.4 is 9.47 Å². The van der Waals surface area contributed by atoms with Gasteiger partial charge in [-0.3, -0.25) is 0 Å². The van der Waals surface area contributed by atoms with Crippen molar-refractivity contribution in [1.29, 1.82) is 0 Å². The monoisotopic (exact) mass is 292 g/mol. The van der Waals surface area contributed by atoms with Crippen LogP contribution >= 0.6 is 0 Å². The molecule has 3 atom stereocenters. The third-order valence-electron chi connectivity index (χ3n) is 4.88. The maximum absolute atomic E-state index is 10.6. The minimum absolute atomic E-state index is 0.256. The van der Waals surface area contributed by atoms with Crippen LogP contribution in [0.4, 0.5) is 0 Å². The smallest absolute Gasteiger partial charge is 0.160 e. The van der Waals surface area contributed by atoms with Gasteiger partial charge in [-0.25, -0.2) is 0 Å². The van der Waals surface area contributed by atoms with Crippen LogP contribution in [0, 0.1) is 11.8 Å². The predicted molar refractivity (Wildman–Crippen MR) is 85.0 cm³/mol. The van der Waals surface area contributed by atoms with Crippen LogP contribution in [0.3, 0.4) is 0 Å². The van der Waals surface area contributed by atoms with Crippen molar-refractivity contribution < 1.29 is 14.6 Å². The van der Waals surface area contributed by atoms with Crippen LogP contribution in [0.25, 0.3) is 0 Å². The third-order valence-corrected chi connectivity index (χ3v) is 4.88. The Kier molecular flexibility index (Phi) is 5.92. The van der Waals surface area contributed by atoms with Crippen molar-refractivity contribution in [3.63, 3.8) is 0 Å². The number of hydrogen-bond acceptors (Lipinski definition) is 3. The third kappa shape index (κ3) is 3.91. The molecule has 21 heavy (non-hydrogen) atoms. The van der Waals surface area contributed by atoms with E-state index in [0.717, 1.165) is 23.5 Å². The van der Waals surface area contributed by atoms with E-state index in [9.17, 15) is 5.11 Å². The van der Waals surface area contributed by atoms with Crippen LogP contribution in [0.1, 0.15) is 44.6 Å². The second-order valence-electron chi connectivity index (χ2n) is 6.08. The van der Waals surface area contributed by atoms with Crippen molar-refractivity contribution in [2.45, 2.75) is 51.6 Å². The number of aliphatic hydroxyl groups excluding tert-OH is 1. The topological polar surface area (TPSA) is 38.7 Å². The number of ether oxygens (including phenoxy) is 2. The van der Waals surface area contributed by atoms with Crippen LogP contribution in [0.15, 0.2) is 18.2 Å². The number of benzene rings is 1. The predicted octanol–water partition coefficient (Wildman–Crippen LogP) is 3.82. The van der Waals surface area contributed by atoms with Gasteiger partial charge in [0.25, 0.3) is 0 Å². The molecule has 0 amide bonds. The summed E-state index contributed by atoms with van der Waals surface area (Å²) in [5.74, 6) is 2.59. The fourth-order valence-electron chi connectivity index (χ4n) is 3.65. The number of methoxy groups -OCH3 is 2. The van der Waals surface area contributed by atoms with Gasteiger partial charge in [0, 0.05) is 0 Å². The zero-order valence-electron chi connectivity index (χ0n) is 13.5. The highest BCUT2D eigenvalue weighted by Crippen LogP contribution is 2.36. The highest BCUT2D eigenvalue weighted by molar-refractivity contribution is 5.43. The second kappa shape index (κ2) is 7.69. The molecule has 0 heterocycles. The summed E-state index contributed by atoms with van der Waals surface area (Å²) < 4.78 is 10.6. The average Bonchev–Trinajstić information content (AvgIpc) is 2.54. The summed E-state index contributed by atoms with van der Waals surface area (Å²) in [7, 11) is 3.28. The molecule has 3 nitrogen and oxygen atoms in total. The van der Waals surface area contributed by atoms with E-state index >= 15 is 0 Å². The molecule has 0 radical (unpaired) electrons. The van der Waals surface area contributed by atoms with Gasteiger partial charge in [0.05, 0.1) is 20.3 Å². The zero-order chi connectivity index (χ0) is 15.2. The number of hydrogen-bond donors (Lipinski definition) is 1. The number of aliphatic hydroxyl groups is 1. The molecule has 1 aliphatic rings. The van der Waals surface area contributed by atoms with Crippen molar-refractivity contribution in [3.05, 3.63) is 23.8 Å². The van der Waals surface area contributed by atoms with E-state index in [4.69, 9.17) is 9.47 Å². The molecule has 1 aromatic carbocycles. The molecular weight excluding hydrogens is 264 g/mol. The van der Waals surface area contributed by atoms with Gasteiger partial charge in [0.1, 0.15) is 0 Å². The Labute approximate surface area is 128 Å². The summed E-state index contributed by atoms with van der Waals surface area (Å²) in [5, 5.41) is 10.6. The first-order valence-corrected chi connectivity index (χ1v) is 8.08. The Morgan fingerprint density at radius 1 is 1.14 bits per heavy atom. The zero-order valence-corrected chi connectivity index (χ0v) is 13.5. The standard InChI is InChI=1S/C18H28O3/c1-4-14-7-5-6-8-15(14)16(19)11-13-9-10-17(20-2)18(12-13)21-3/h9-10,12,14-16,19H,4-8,11H2,1-3H3. The van der Waals surface area contributed by atoms with Crippen molar-refractivity contribution >= 4 is 0 Å². The minimum Gasteiger partial charge on any atom is -0.493 e. The summed E-state index contributed by atoms with van der Waals surface area (Å²) >= 11 is 0. The lowest BCUT2D eigenvalue weighted by Crippen LogP contribution is -2.32. The Morgan fingerprint density at radius 3 is 2.52 bits per heavy atom. The van der Waals surface area contributed by atoms with Gasteiger partial charge in [0.15, 0.2) is 11.5 Å². The molecule has 0 aliphatic heterocycles. The first-order valence-electron chi connectivity index (χ1n) is 8.08.